The number of amidine groups is 1. The Balaban J connectivity index is 2.43. The molecule has 0 radical (unpaired) electrons. The van der Waals surface area contributed by atoms with Crippen LogP contribution in [0.4, 0.5) is 11.5 Å². The first kappa shape index (κ1) is 14.0. The summed E-state index contributed by atoms with van der Waals surface area (Å²) in [6.07, 6.45) is 0. The van der Waals surface area contributed by atoms with E-state index in [0.717, 1.165) is 11.1 Å². The Bertz CT molecular complexity index is 635. The highest BCUT2D eigenvalue weighted by Gasteiger charge is 2.18. The van der Waals surface area contributed by atoms with Crippen molar-refractivity contribution >= 4 is 17.3 Å². The minimum atomic E-state index is 0.0989. The molecule has 1 aromatic carbocycles. The fraction of sp³-hybridized carbons (Fsp3) is 0.250. The van der Waals surface area contributed by atoms with Crippen LogP contribution >= 0.6 is 0 Å². The van der Waals surface area contributed by atoms with Crippen LogP contribution < -0.4 is 16.3 Å². The number of aliphatic imine (C=N–C) groups is 1. The van der Waals surface area contributed by atoms with Gasteiger partial charge in [-0.1, -0.05) is 6.07 Å². The molecule has 0 aliphatic carbocycles. The van der Waals surface area contributed by atoms with E-state index in [1.165, 1.54) is 5.01 Å². The normalized spacial score (nSPS) is 11.6. The number of hydroxylamine groups is 1. The zero-order valence-electron chi connectivity index (χ0n) is 11.5. The predicted molar refractivity (Wildman–Crippen MR) is 73.9 cm³/mol. The fourth-order valence-electron chi connectivity index (χ4n) is 1.62. The number of nitrogens with two attached hydrogens (primary N) is 1. The van der Waals surface area contributed by atoms with Crippen molar-refractivity contribution in [2.24, 2.45) is 10.8 Å². The SMILES string of the molecule is Cc1ccc(N=C(NO)c2nonc2N(C)N)cc1C. The van der Waals surface area contributed by atoms with Crippen molar-refractivity contribution in [1.82, 2.24) is 15.8 Å². The second kappa shape index (κ2) is 5.68. The molecule has 1 heterocycles. The van der Waals surface area contributed by atoms with E-state index in [-0.39, 0.29) is 17.3 Å². The summed E-state index contributed by atoms with van der Waals surface area (Å²) in [7, 11) is 1.58. The average molecular weight is 276 g/mol. The molecule has 8 heteroatoms. The van der Waals surface area contributed by atoms with E-state index in [9.17, 15) is 5.21 Å². The summed E-state index contributed by atoms with van der Waals surface area (Å²) in [5, 5.41) is 17.8. The van der Waals surface area contributed by atoms with Gasteiger partial charge in [0.15, 0.2) is 11.5 Å². The molecular formula is C12H16N6O2. The minimum Gasteiger partial charge on any atom is -0.293 e. The molecule has 4 N–H and O–H groups in total. The van der Waals surface area contributed by atoms with Crippen molar-refractivity contribution in [3.8, 4) is 0 Å². The summed E-state index contributed by atoms with van der Waals surface area (Å²) in [6, 6.07) is 5.67. The highest BCUT2D eigenvalue weighted by Crippen LogP contribution is 2.19. The maximum Gasteiger partial charge on any atom is 0.218 e. The molecule has 0 unspecified atom stereocenters. The number of nitrogens with zero attached hydrogens (tertiary/aromatic N) is 4. The number of aryl methyl sites for hydroxylation is 2. The van der Waals surface area contributed by atoms with Crippen molar-refractivity contribution in [3.05, 3.63) is 35.0 Å². The molecule has 20 heavy (non-hydrogen) atoms. The quantitative estimate of drug-likeness (QED) is 0.332. The van der Waals surface area contributed by atoms with E-state index in [2.05, 4.69) is 19.9 Å². The summed E-state index contributed by atoms with van der Waals surface area (Å²) in [4.78, 5) is 4.28. The molecule has 1 aromatic heterocycles. The first-order valence-corrected chi connectivity index (χ1v) is 5.90. The van der Waals surface area contributed by atoms with Crippen LogP contribution in [0.1, 0.15) is 16.8 Å². The van der Waals surface area contributed by atoms with Crippen LogP contribution in [-0.2, 0) is 0 Å². The number of hydrazine groups is 1. The highest BCUT2D eigenvalue weighted by molar-refractivity contribution is 6.01. The number of anilines is 1. The van der Waals surface area contributed by atoms with Gasteiger partial charge in [-0.3, -0.25) is 15.7 Å². The first-order chi connectivity index (χ1) is 9.52. The van der Waals surface area contributed by atoms with Crippen LogP contribution in [0, 0.1) is 13.8 Å². The van der Waals surface area contributed by atoms with E-state index in [1.807, 2.05) is 37.5 Å². The molecule has 8 nitrogen and oxygen atoms in total. The Morgan fingerprint density at radius 1 is 1.35 bits per heavy atom. The van der Waals surface area contributed by atoms with Crippen LogP contribution in [0.15, 0.2) is 27.8 Å². The van der Waals surface area contributed by atoms with Gasteiger partial charge >= 0.3 is 0 Å². The van der Waals surface area contributed by atoms with Crippen molar-refractivity contribution < 1.29 is 9.84 Å². The van der Waals surface area contributed by atoms with Gasteiger partial charge in [0.1, 0.15) is 0 Å². The molecular weight excluding hydrogens is 260 g/mol. The highest BCUT2D eigenvalue weighted by atomic mass is 16.6. The molecule has 0 saturated heterocycles. The predicted octanol–water partition coefficient (Wildman–Crippen LogP) is 1.05. The summed E-state index contributed by atoms with van der Waals surface area (Å²) in [5.41, 5.74) is 5.13. The first-order valence-electron chi connectivity index (χ1n) is 5.90. The van der Waals surface area contributed by atoms with Crippen molar-refractivity contribution in [3.63, 3.8) is 0 Å². The second-order valence-electron chi connectivity index (χ2n) is 4.39. The summed E-state index contributed by atoms with van der Waals surface area (Å²) in [5.74, 6) is 5.95. The summed E-state index contributed by atoms with van der Waals surface area (Å²) < 4.78 is 4.62. The lowest BCUT2D eigenvalue weighted by atomic mass is 10.1. The smallest absolute Gasteiger partial charge is 0.218 e. The molecule has 2 rings (SSSR count). The number of benzene rings is 1. The van der Waals surface area contributed by atoms with Gasteiger partial charge in [0.2, 0.25) is 5.82 Å². The Labute approximate surface area is 115 Å². The molecule has 0 amide bonds. The van der Waals surface area contributed by atoms with Gasteiger partial charge in [0, 0.05) is 7.05 Å². The average Bonchev–Trinajstić information content (AvgIpc) is 2.89. The second-order valence-corrected chi connectivity index (χ2v) is 4.39. The monoisotopic (exact) mass is 276 g/mol. The van der Waals surface area contributed by atoms with E-state index >= 15 is 0 Å². The van der Waals surface area contributed by atoms with Crippen LogP contribution in [0.3, 0.4) is 0 Å². The van der Waals surface area contributed by atoms with E-state index in [0.29, 0.717) is 5.69 Å². The number of aromatic nitrogens is 2. The zero-order valence-corrected chi connectivity index (χ0v) is 11.5. The molecule has 2 aromatic rings. The molecule has 0 aliphatic rings. The summed E-state index contributed by atoms with van der Waals surface area (Å²) >= 11 is 0. The lowest BCUT2D eigenvalue weighted by molar-refractivity contribution is 0.234. The third kappa shape index (κ3) is 2.76. The number of hydrogen-bond acceptors (Lipinski definition) is 7. The Morgan fingerprint density at radius 3 is 2.70 bits per heavy atom. The molecule has 106 valence electrons. The molecule has 0 aliphatic heterocycles. The van der Waals surface area contributed by atoms with Crippen LogP contribution in [0.5, 0.6) is 0 Å². The summed E-state index contributed by atoms with van der Waals surface area (Å²) in [6.45, 7) is 3.99. The Hall–Kier alpha value is -2.45. The lowest BCUT2D eigenvalue weighted by Gasteiger charge is -2.09. The fourth-order valence-corrected chi connectivity index (χ4v) is 1.62. The minimum absolute atomic E-state index is 0.0989. The Morgan fingerprint density at radius 2 is 2.10 bits per heavy atom. The molecule has 0 spiro atoms. The van der Waals surface area contributed by atoms with Crippen molar-refractivity contribution in [1.29, 1.82) is 0 Å². The van der Waals surface area contributed by atoms with Gasteiger partial charge in [0.25, 0.3) is 0 Å². The maximum absolute atomic E-state index is 9.24. The zero-order chi connectivity index (χ0) is 14.7. The van der Waals surface area contributed by atoms with Crippen LogP contribution in [-0.4, -0.2) is 28.4 Å². The molecule has 0 atom stereocenters. The maximum atomic E-state index is 9.24. The van der Waals surface area contributed by atoms with Gasteiger partial charge < -0.3 is 0 Å². The lowest BCUT2D eigenvalue weighted by Crippen LogP contribution is -2.30. The van der Waals surface area contributed by atoms with Gasteiger partial charge in [-0.2, -0.15) is 0 Å². The standard InChI is InChI=1S/C12H16N6O2/c1-7-4-5-9(6-8(7)2)14-11(15-19)10-12(18(3)13)17-20-16-10/h4-6,19H,13H2,1-3H3,(H,14,15). The van der Waals surface area contributed by atoms with Gasteiger partial charge in [-0.05, 0) is 47.4 Å². The van der Waals surface area contributed by atoms with Gasteiger partial charge in [-0.25, -0.2) is 15.5 Å². The van der Waals surface area contributed by atoms with Crippen LogP contribution in [0.25, 0.3) is 0 Å². The van der Waals surface area contributed by atoms with Crippen molar-refractivity contribution in [2.45, 2.75) is 13.8 Å². The third-order valence-electron chi connectivity index (χ3n) is 2.87. The topological polar surface area (TPSA) is 113 Å². The van der Waals surface area contributed by atoms with E-state index in [4.69, 9.17) is 5.84 Å². The molecule has 0 fully saturated rings. The van der Waals surface area contributed by atoms with Gasteiger partial charge in [-0.15, -0.1) is 0 Å². The van der Waals surface area contributed by atoms with Crippen LogP contribution in [0.2, 0.25) is 0 Å². The number of nitrogens with one attached hydrogen (secondary N) is 1. The third-order valence-corrected chi connectivity index (χ3v) is 2.87. The van der Waals surface area contributed by atoms with Crippen molar-refractivity contribution in [2.75, 3.05) is 12.1 Å². The van der Waals surface area contributed by atoms with Gasteiger partial charge in [0.05, 0.1) is 5.69 Å². The molecule has 0 saturated carbocycles. The number of hydrogen-bond donors (Lipinski definition) is 3. The van der Waals surface area contributed by atoms with E-state index in [1.54, 1.807) is 7.05 Å². The molecule has 0 bridgehead atoms. The van der Waals surface area contributed by atoms with E-state index < -0.39 is 0 Å². The largest absolute Gasteiger partial charge is 0.293 e. The Kier molecular flexibility index (Phi) is 3.97. The number of rotatable bonds is 3.